The van der Waals surface area contributed by atoms with Gasteiger partial charge in [-0.1, -0.05) is 58.5 Å². The maximum atomic E-state index is 12.7. The Kier molecular flexibility index (Phi) is 8.46. The number of rotatable bonds is 8. The first kappa shape index (κ1) is 27.4. The van der Waals surface area contributed by atoms with Gasteiger partial charge in [-0.15, -0.1) is 0 Å². The van der Waals surface area contributed by atoms with Crippen molar-refractivity contribution in [1.29, 1.82) is 0 Å². The van der Waals surface area contributed by atoms with Crippen LogP contribution in [0.3, 0.4) is 0 Å². The number of halogens is 4. The topological polar surface area (TPSA) is 113 Å². The number of anilines is 3. The Morgan fingerprint density at radius 1 is 0.829 bits per heavy atom. The molecule has 0 saturated carbocycles. The molecule has 35 heavy (non-hydrogen) atoms. The van der Waals surface area contributed by atoms with Crippen LogP contribution in [0.1, 0.15) is 0 Å². The largest absolute Gasteiger partial charge is 0.325 e. The highest BCUT2D eigenvalue weighted by Crippen LogP contribution is 2.34. The fourth-order valence-corrected chi connectivity index (χ4v) is 5.69. The molecule has 3 aromatic rings. The van der Waals surface area contributed by atoms with Crippen LogP contribution in [0.25, 0.3) is 0 Å². The molecule has 14 heteroatoms. The zero-order valence-electron chi connectivity index (χ0n) is 17.8. The first-order valence-corrected chi connectivity index (χ1v) is 14.4. The van der Waals surface area contributed by atoms with Crippen molar-refractivity contribution < 1.29 is 21.6 Å². The summed E-state index contributed by atoms with van der Waals surface area (Å²) in [5.74, 6) is -0.689. The lowest BCUT2D eigenvalue weighted by atomic mass is 10.3. The molecule has 0 aromatic heterocycles. The number of benzene rings is 3. The second-order valence-electron chi connectivity index (χ2n) is 7.12. The van der Waals surface area contributed by atoms with Crippen LogP contribution in [-0.4, -0.2) is 35.5 Å². The van der Waals surface area contributed by atoms with Crippen LogP contribution >= 0.6 is 46.4 Å². The molecular formula is C21H17Cl4N3O5S2. The quantitative estimate of drug-likeness (QED) is 0.356. The van der Waals surface area contributed by atoms with Gasteiger partial charge in [-0.3, -0.25) is 13.8 Å². The smallest absolute Gasteiger partial charge is 0.261 e. The van der Waals surface area contributed by atoms with Gasteiger partial charge in [0.25, 0.3) is 10.0 Å². The van der Waals surface area contributed by atoms with Crippen molar-refractivity contribution >= 4 is 89.4 Å². The summed E-state index contributed by atoms with van der Waals surface area (Å²) in [6, 6.07) is 14.2. The van der Waals surface area contributed by atoms with E-state index < -0.39 is 32.5 Å². The number of hydrogen-bond acceptors (Lipinski definition) is 5. The summed E-state index contributed by atoms with van der Waals surface area (Å²) >= 11 is 24.0. The van der Waals surface area contributed by atoms with Crippen molar-refractivity contribution in [3.63, 3.8) is 0 Å². The van der Waals surface area contributed by atoms with E-state index in [2.05, 4.69) is 10.0 Å². The molecule has 0 fully saturated rings. The van der Waals surface area contributed by atoms with Crippen molar-refractivity contribution in [2.75, 3.05) is 27.1 Å². The van der Waals surface area contributed by atoms with Gasteiger partial charge < -0.3 is 5.32 Å². The molecule has 0 radical (unpaired) electrons. The first-order chi connectivity index (χ1) is 16.3. The van der Waals surface area contributed by atoms with Gasteiger partial charge in [0.15, 0.2) is 0 Å². The van der Waals surface area contributed by atoms with Crippen molar-refractivity contribution in [2.45, 2.75) is 4.90 Å². The third-order valence-corrected chi connectivity index (χ3v) is 8.67. The summed E-state index contributed by atoms with van der Waals surface area (Å²) < 4.78 is 53.1. The summed E-state index contributed by atoms with van der Waals surface area (Å²) in [4.78, 5) is 12.5. The maximum absolute atomic E-state index is 12.7. The summed E-state index contributed by atoms with van der Waals surface area (Å²) in [6.45, 7) is -0.590. The average Bonchev–Trinajstić information content (AvgIpc) is 2.77. The van der Waals surface area contributed by atoms with Gasteiger partial charge in [-0.25, -0.2) is 16.8 Å². The third-order valence-electron chi connectivity index (χ3n) is 4.53. The van der Waals surface area contributed by atoms with Gasteiger partial charge in [0.05, 0.1) is 42.6 Å². The highest BCUT2D eigenvalue weighted by atomic mass is 35.5. The Morgan fingerprint density at radius 3 is 2.00 bits per heavy atom. The molecule has 1 amide bonds. The summed E-state index contributed by atoms with van der Waals surface area (Å²) in [7, 11) is -7.89. The SMILES string of the molecule is CS(=O)(=O)N(CC(=O)Nc1ccc(S(=O)(=O)Nc2cccc(Cl)c2Cl)cc1)c1cccc(Cl)c1Cl. The van der Waals surface area contributed by atoms with Crippen molar-refractivity contribution in [1.82, 2.24) is 0 Å². The van der Waals surface area contributed by atoms with Crippen LogP contribution in [0.5, 0.6) is 0 Å². The second kappa shape index (κ2) is 10.8. The Labute approximate surface area is 222 Å². The normalized spacial score (nSPS) is 11.7. The minimum atomic E-state index is -4.00. The van der Waals surface area contributed by atoms with E-state index in [1.165, 1.54) is 54.6 Å². The zero-order chi connectivity index (χ0) is 26.0. The second-order valence-corrected chi connectivity index (χ2v) is 12.3. The summed E-state index contributed by atoms with van der Waals surface area (Å²) in [5, 5.41) is 2.87. The first-order valence-electron chi connectivity index (χ1n) is 9.58. The van der Waals surface area contributed by atoms with E-state index in [0.717, 1.165) is 10.6 Å². The molecule has 0 atom stereocenters. The van der Waals surface area contributed by atoms with E-state index in [9.17, 15) is 21.6 Å². The Hall–Kier alpha value is -2.21. The molecule has 3 rings (SSSR count). The van der Waals surface area contributed by atoms with E-state index in [1.807, 2.05) is 0 Å². The number of sulfonamides is 2. The van der Waals surface area contributed by atoms with Gasteiger partial charge in [0.1, 0.15) is 6.54 Å². The predicted octanol–water partition coefficient (Wildman–Crippen LogP) is 5.51. The molecule has 0 heterocycles. The molecule has 0 bridgehead atoms. The molecule has 2 N–H and O–H groups in total. The lowest BCUT2D eigenvalue weighted by Gasteiger charge is -2.23. The molecule has 0 aliphatic rings. The molecule has 0 aliphatic heterocycles. The Balaban J connectivity index is 1.75. The zero-order valence-corrected chi connectivity index (χ0v) is 22.5. The molecule has 0 saturated heterocycles. The highest BCUT2D eigenvalue weighted by molar-refractivity contribution is 7.92. The molecule has 3 aromatic carbocycles. The molecule has 186 valence electrons. The van der Waals surface area contributed by atoms with E-state index in [0.29, 0.717) is 0 Å². The van der Waals surface area contributed by atoms with Crippen LogP contribution in [0.4, 0.5) is 17.1 Å². The van der Waals surface area contributed by atoms with E-state index in [4.69, 9.17) is 46.4 Å². The standard InChI is InChI=1S/C21H17Cl4N3O5S2/c1-34(30,31)28(18-7-3-5-16(23)21(18)25)12-19(29)26-13-8-10-14(11-9-13)35(32,33)27-17-6-2-4-15(22)20(17)24/h2-11,27H,12H2,1H3,(H,26,29). The number of carbonyl (C=O) groups excluding carboxylic acids is 1. The Bertz CT molecular complexity index is 1480. The van der Waals surface area contributed by atoms with Gasteiger partial charge in [0, 0.05) is 5.69 Å². The van der Waals surface area contributed by atoms with Crippen molar-refractivity contribution in [3.8, 4) is 0 Å². The fraction of sp³-hybridized carbons (Fsp3) is 0.0952. The molecule has 8 nitrogen and oxygen atoms in total. The van der Waals surface area contributed by atoms with Crippen LogP contribution in [0.15, 0.2) is 65.6 Å². The van der Waals surface area contributed by atoms with Gasteiger partial charge in [-0.2, -0.15) is 0 Å². The van der Waals surface area contributed by atoms with Crippen LogP contribution in [0, 0.1) is 0 Å². The summed E-state index contributed by atoms with van der Waals surface area (Å²) in [5.41, 5.74) is 0.390. The third kappa shape index (κ3) is 6.72. The fourth-order valence-electron chi connectivity index (χ4n) is 2.90. The number of hydrogen-bond donors (Lipinski definition) is 2. The number of nitrogens with zero attached hydrogens (tertiary/aromatic N) is 1. The number of amides is 1. The highest BCUT2D eigenvalue weighted by Gasteiger charge is 2.24. The Morgan fingerprint density at radius 2 is 1.40 bits per heavy atom. The molecule has 0 spiro atoms. The lowest BCUT2D eigenvalue weighted by molar-refractivity contribution is -0.114. The monoisotopic (exact) mass is 595 g/mol. The molecular weight excluding hydrogens is 580 g/mol. The predicted molar refractivity (Wildman–Crippen MR) is 141 cm³/mol. The molecule has 0 aliphatic carbocycles. The van der Waals surface area contributed by atoms with Crippen LogP contribution in [0.2, 0.25) is 20.1 Å². The minimum Gasteiger partial charge on any atom is -0.325 e. The van der Waals surface area contributed by atoms with E-state index in [1.54, 1.807) is 6.07 Å². The maximum Gasteiger partial charge on any atom is 0.261 e. The van der Waals surface area contributed by atoms with E-state index >= 15 is 0 Å². The lowest BCUT2D eigenvalue weighted by Crippen LogP contribution is -2.37. The number of carbonyl (C=O) groups is 1. The van der Waals surface area contributed by atoms with E-state index in [-0.39, 0.29) is 42.0 Å². The number of nitrogens with one attached hydrogen (secondary N) is 2. The average molecular weight is 597 g/mol. The molecule has 0 unspecified atom stereocenters. The van der Waals surface area contributed by atoms with Crippen molar-refractivity contribution in [3.05, 3.63) is 80.8 Å². The summed E-state index contributed by atoms with van der Waals surface area (Å²) in [6.07, 6.45) is 0.927. The van der Waals surface area contributed by atoms with Gasteiger partial charge in [-0.05, 0) is 48.5 Å². The van der Waals surface area contributed by atoms with Crippen LogP contribution < -0.4 is 14.3 Å². The van der Waals surface area contributed by atoms with Crippen LogP contribution in [-0.2, 0) is 24.8 Å². The van der Waals surface area contributed by atoms with Gasteiger partial charge in [0.2, 0.25) is 15.9 Å². The van der Waals surface area contributed by atoms with Gasteiger partial charge >= 0.3 is 0 Å². The van der Waals surface area contributed by atoms with Crippen molar-refractivity contribution in [2.24, 2.45) is 0 Å². The minimum absolute atomic E-state index is 0.0192.